The van der Waals surface area contributed by atoms with Crippen LogP contribution in [0.25, 0.3) is 27.6 Å². The van der Waals surface area contributed by atoms with Gasteiger partial charge in [0.05, 0.1) is 5.69 Å². The van der Waals surface area contributed by atoms with Gasteiger partial charge < -0.3 is 9.97 Å². The molecule has 0 saturated heterocycles. The van der Waals surface area contributed by atoms with Gasteiger partial charge >= 0.3 is 31.1 Å². The second kappa shape index (κ2) is 8.83. The minimum absolute atomic E-state index is 0. The molecule has 0 radical (unpaired) electrons. The molecular formula is C20H14N6OU. The predicted octanol–water partition coefficient (Wildman–Crippen LogP) is 2.72. The number of para-hydroxylation sites is 2. The summed E-state index contributed by atoms with van der Waals surface area (Å²) in [7, 11) is 0. The van der Waals surface area contributed by atoms with Gasteiger partial charge in [-0.05, 0) is 29.4 Å². The maximum atomic E-state index is 11.9. The molecule has 0 atom stereocenters. The van der Waals surface area contributed by atoms with E-state index in [1.54, 1.807) is 0 Å². The summed E-state index contributed by atoms with van der Waals surface area (Å²) in [6.07, 6.45) is 4.34. The second-order valence-corrected chi connectivity index (χ2v) is 5.67. The fourth-order valence-electron chi connectivity index (χ4n) is 2.56. The third-order valence-corrected chi connectivity index (χ3v) is 3.86. The zero-order chi connectivity index (χ0) is 18.6. The normalized spacial score (nSPS) is 10.1. The molecule has 28 heavy (non-hydrogen) atoms. The molecular weight excluding hydrogens is 578 g/mol. The summed E-state index contributed by atoms with van der Waals surface area (Å²) in [5.74, 6) is 0. The van der Waals surface area contributed by atoms with Gasteiger partial charge in [-0.25, -0.2) is 16.7 Å². The summed E-state index contributed by atoms with van der Waals surface area (Å²) in [6.45, 7) is 3.75. The molecule has 0 amide bonds. The molecule has 3 heterocycles. The number of nitrogens with one attached hydrogen (secondary N) is 1. The van der Waals surface area contributed by atoms with E-state index in [1.807, 2.05) is 54.6 Å². The van der Waals surface area contributed by atoms with Crippen molar-refractivity contribution in [1.82, 2.24) is 29.9 Å². The van der Waals surface area contributed by atoms with Gasteiger partial charge in [0.1, 0.15) is 0 Å². The minimum Gasteiger partial charge on any atom is -0.341 e. The van der Waals surface area contributed by atoms with E-state index in [0.29, 0.717) is 16.7 Å². The average Bonchev–Trinajstić information content (AvgIpc) is 3.08. The molecule has 0 unspecified atom stereocenters. The summed E-state index contributed by atoms with van der Waals surface area (Å²) < 4.78 is 1.34. The molecule has 0 bridgehead atoms. The second-order valence-electron chi connectivity index (χ2n) is 5.67. The molecule has 0 aliphatic heterocycles. The first-order chi connectivity index (χ1) is 13.2. The number of fused-ring (bicyclic) bond motifs is 2. The standard InChI is InChI=1S/C12H9N4O.C8H5N2.U/c1-8-12-10(14-13-8)7-11(17)16(15-12)9-5-3-2-4-6-9;1-2-4-8-7(3-1)5-9-6-10-8;/h2-7,14H,1H2;1-4,6H;/q2*-1;+2. The number of rotatable bonds is 1. The molecule has 3 aromatic heterocycles. The number of nitrogens with zero attached hydrogens (tertiary/aromatic N) is 5. The van der Waals surface area contributed by atoms with Crippen molar-refractivity contribution in [1.29, 1.82) is 0 Å². The first-order valence-corrected chi connectivity index (χ1v) is 8.15. The van der Waals surface area contributed by atoms with Crippen molar-refractivity contribution < 1.29 is 31.1 Å². The van der Waals surface area contributed by atoms with Crippen LogP contribution >= 0.6 is 0 Å². The number of aromatic nitrogens is 6. The molecule has 0 spiro atoms. The molecule has 0 aliphatic carbocycles. The smallest absolute Gasteiger partial charge is 0.341 e. The zero-order valence-electron chi connectivity index (χ0n) is 14.7. The fourth-order valence-corrected chi connectivity index (χ4v) is 2.56. The van der Waals surface area contributed by atoms with Crippen molar-refractivity contribution in [3.8, 4) is 5.69 Å². The average molecular weight is 592 g/mol. The Morgan fingerprint density at radius 1 is 1.04 bits per heavy atom. The van der Waals surface area contributed by atoms with Crippen LogP contribution < -0.4 is 5.56 Å². The Bertz CT molecular complexity index is 1200. The van der Waals surface area contributed by atoms with Crippen molar-refractivity contribution in [3.63, 3.8) is 0 Å². The van der Waals surface area contributed by atoms with Gasteiger partial charge in [0.15, 0.2) is 0 Å². The van der Waals surface area contributed by atoms with E-state index in [1.165, 1.54) is 17.1 Å². The van der Waals surface area contributed by atoms with Crippen LogP contribution in [0.4, 0.5) is 0 Å². The van der Waals surface area contributed by atoms with Crippen LogP contribution in [-0.2, 0) is 0 Å². The van der Waals surface area contributed by atoms with E-state index in [0.717, 1.165) is 16.6 Å². The summed E-state index contributed by atoms with van der Waals surface area (Å²) in [6, 6.07) is 18.5. The Balaban J connectivity index is 0.000000175. The van der Waals surface area contributed by atoms with Gasteiger partial charge in [0.2, 0.25) is 0 Å². The molecule has 2 aromatic carbocycles. The van der Waals surface area contributed by atoms with Crippen molar-refractivity contribution in [2.75, 3.05) is 0 Å². The molecule has 0 fully saturated rings. The first-order valence-electron chi connectivity index (χ1n) is 8.15. The largest absolute Gasteiger partial charge is 2.00 e. The van der Waals surface area contributed by atoms with Crippen LogP contribution in [0, 0.1) is 44.2 Å². The van der Waals surface area contributed by atoms with E-state index in [9.17, 15) is 4.79 Å². The van der Waals surface area contributed by atoms with E-state index >= 15 is 0 Å². The first kappa shape index (κ1) is 19.8. The summed E-state index contributed by atoms with van der Waals surface area (Å²) >= 11 is 0. The molecule has 0 aliphatic rings. The van der Waals surface area contributed by atoms with E-state index in [-0.39, 0.29) is 36.7 Å². The number of benzene rings is 2. The third-order valence-electron chi connectivity index (χ3n) is 3.86. The number of aromatic amines is 1. The third kappa shape index (κ3) is 4.14. The minimum atomic E-state index is -0.202. The van der Waals surface area contributed by atoms with Crippen molar-refractivity contribution in [2.45, 2.75) is 0 Å². The Hall–Kier alpha value is -2.95. The van der Waals surface area contributed by atoms with Gasteiger partial charge in [-0.1, -0.05) is 36.0 Å². The van der Waals surface area contributed by atoms with Crippen LogP contribution in [-0.4, -0.2) is 29.9 Å². The molecule has 7 nitrogen and oxygen atoms in total. The van der Waals surface area contributed by atoms with Gasteiger partial charge in [-0.3, -0.25) is 15.0 Å². The molecule has 5 aromatic rings. The zero-order valence-corrected chi connectivity index (χ0v) is 18.9. The quantitative estimate of drug-likeness (QED) is 0.303. The Morgan fingerprint density at radius 2 is 1.79 bits per heavy atom. The molecule has 0 saturated carbocycles. The van der Waals surface area contributed by atoms with Crippen molar-refractivity contribution >= 4 is 21.9 Å². The summed E-state index contributed by atoms with van der Waals surface area (Å²) in [4.78, 5) is 19.7. The fraction of sp³-hybridized carbons (Fsp3) is 0. The van der Waals surface area contributed by atoms with E-state index in [2.05, 4.69) is 38.4 Å². The number of H-pyrrole nitrogens is 1. The Labute approximate surface area is 184 Å². The number of hydrogen-bond acceptors (Lipinski definition) is 5. The maximum absolute atomic E-state index is 11.9. The van der Waals surface area contributed by atoms with Gasteiger partial charge in [-0.15, -0.1) is 17.5 Å². The maximum Gasteiger partial charge on any atom is 2.00 e. The van der Waals surface area contributed by atoms with Crippen molar-refractivity contribution in [2.24, 2.45) is 0 Å². The molecule has 134 valence electrons. The summed E-state index contributed by atoms with van der Waals surface area (Å²) in [5, 5.41) is 11.9. The topological polar surface area (TPSA) is 89.4 Å². The van der Waals surface area contributed by atoms with Crippen LogP contribution in [0.15, 0.2) is 71.8 Å². The van der Waals surface area contributed by atoms with Crippen LogP contribution in [0.3, 0.4) is 0 Å². The number of hydrogen-bond donors (Lipinski definition) is 1. The van der Waals surface area contributed by atoms with Gasteiger partial charge in [0, 0.05) is 17.9 Å². The Morgan fingerprint density at radius 3 is 2.57 bits per heavy atom. The molecule has 1 N–H and O–H groups in total. The monoisotopic (exact) mass is 592 g/mol. The summed E-state index contributed by atoms with van der Waals surface area (Å²) in [5.41, 5.74) is 3.20. The van der Waals surface area contributed by atoms with Crippen LogP contribution in [0.2, 0.25) is 0 Å². The SMILES string of the molecule is [CH2-]c1n[nH]c2cc(=O)n(-c3ccccc3)nc12.[U+2].[c-]1ncnc2ccccc12. The van der Waals surface area contributed by atoms with Crippen molar-refractivity contribution in [3.05, 3.63) is 96.2 Å². The Kier molecular flexibility index (Phi) is 6.24. The molecule has 5 rings (SSSR count). The van der Waals surface area contributed by atoms with Gasteiger partial charge in [0.25, 0.3) is 5.56 Å². The van der Waals surface area contributed by atoms with Crippen LogP contribution in [0.1, 0.15) is 5.69 Å². The molecule has 8 heteroatoms. The van der Waals surface area contributed by atoms with Crippen LogP contribution in [0.5, 0.6) is 0 Å². The van der Waals surface area contributed by atoms with E-state index in [4.69, 9.17) is 0 Å². The van der Waals surface area contributed by atoms with E-state index < -0.39 is 0 Å². The predicted molar refractivity (Wildman–Crippen MR) is 102 cm³/mol. The van der Waals surface area contributed by atoms with Gasteiger partial charge in [-0.2, -0.15) is 0 Å².